The van der Waals surface area contributed by atoms with Crippen molar-refractivity contribution in [2.24, 2.45) is 17.3 Å². The fourth-order valence-electron chi connectivity index (χ4n) is 6.20. The summed E-state index contributed by atoms with van der Waals surface area (Å²) in [6.45, 7) is 2.00. The number of carbonyl (C=O) groups is 1. The van der Waals surface area contributed by atoms with Crippen LogP contribution >= 0.6 is 27.5 Å². The van der Waals surface area contributed by atoms with E-state index in [0.717, 1.165) is 43.4 Å². The molecule has 4 aliphatic rings. The van der Waals surface area contributed by atoms with Crippen LogP contribution in [0.15, 0.2) is 29.3 Å². The minimum Gasteiger partial charge on any atom is -0.325 e. The Hall–Kier alpha value is -1.40. The van der Waals surface area contributed by atoms with E-state index in [4.69, 9.17) is 11.6 Å². The summed E-state index contributed by atoms with van der Waals surface area (Å²) in [5, 5.41) is 8.42. The summed E-state index contributed by atoms with van der Waals surface area (Å²) in [5.41, 5.74) is 1.45. The molecule has 0 radical (unpaired) electrons. The second-order valence-corrected chi connectivity index (χ2v) is 9.98. The highest BCUT2D eigenvalue weighted by atomic mass is 79.9. The lowest BCUT2D eigenvalue weighted by atomic mass is 9.46. The van der Waals surface area contributed by atoms with Gasteiger partial charge < -0.3 is 5.32 Å². The Labute approximate surface area is 172 Å². The average Bonchev–Trinajstić information content (AvgIpc) is 3.04. The summed E-state index contributed by atoms with van der Waals surface area (Å²) in [6, 6.07) is 5.65. The molecule has 142 valence electrons. The molecule has 7 heteroatoms. The van der Waals surface area contributed by atoms with E-state index in [2.05, 4.69) is 31.3 Å². The number of hydrogen-bond acceptors (Lipinski definition) is 3. The van der Waals surface area contributed by atoms with Crippen LogP contribution in [0.5, 0.6) is 0 Å². The molecule has 5 nitrogen and oxygen atoms in total. The molecule has 1 aromatic heterocycles. The summed E-state index contributed by atoms with van der Waals surface area (Å²) < 4.78 is 2.65. The maximum Gasteiger partial charge on any atom is 0.230 e. The molecule has 2 unspecified atom stereocenters. The number of anilines is 1. The van der Waals surface area contributed by atoms with E-state index in [0.29, 0.717) is 21.6 Å². The van der Waals surface area contributed by atoms with E-state index in [-0.39, 0.29) is 16.9 Å². The Bertz CT molecular complexity index is 912. The van der Waals surface area contributed by atoms with Gasteiger partial charge in [-0.2, -0.15) is 0 Å². The highest BCUT2D eigenvalue weighted by Crippen LogP contribution is 2.64. The number of aryl methyl sites for hydroxylation is 1. The fraction of sp³-hybridized carbons (Fsp3) is 0.550. The highest BCUT2D eigenvalue weighted by Gasteiger charge is 2.61. The first kappa shape index (κ1) is 17.7. The smallest absolute Gasteiger partial charge is 0.230 e. The van der Waals surface area contributed by atoms with Gasteiger partial charge >= 0.3 is 0 Å². The van der Waals surface area contributed by atoms with Crippen LogP contribution in [0.4, 0.5) is 5.69 Å². The molecule has 6 rings (SSSR count). The molecule has 4 bridgehead atoms. The van der Waals surface area contributed by atoms with Gasteiger partial charge in [-0.05, 0) is 90.9 Å². The van der Waals surface area contributed by atoms with Crippen molar-refractivity contribution in [2.45, 2.75) is 51.0 Å². The van der Waals surface area contributed by atoms with Crippen molar-refractivity contribution in [3.05, 3.63) is 39.8 Å². The van der Waals surface area contributed by atoms with Crippen LogP contribution in [0.25, 0.3) is 0 Å². The number of carbonyl (C=O) groups excluding carboxylic acids is 1. The third-order valence-electron chi connectivity index (χ3n) is 6.91. The molecule has 2 aromatic rings. The van der Waals surface area contributed by atoms with Gasteiger partial charge in [0.2, 0.25) is 10.6 Å². The maximum absolute atomic E-state index is 13.5. The van der Waals surface area contributed by atoms with Crippen molar-refractivity contribution in [1.82, 2.24) is 14.8 Å². The standard InChI is InChI=1S/C20H22BrClN4O/c1-12-2-3-15(22)5-16(12)24-17(27)19-6-13-4-14(7-19)9-20(8-13,10-19)26-11-23-18(21)25-26/h2-3,5,11,13-14H,4,6-10H2,1H3,(H,24,27). The molecular formula is C20H22BrClN4O. The lowest BCUT2D eigenvalue weighted by Gasteiger charge is -2.60. The quantitative estimate of drug-likeness (QED) is 0.722. The van der Waals surface area contributed by atoms with E-state index in [1.54, 1.807) is 0 Å². The Morgan fingerprint density at radius 1 is 1.30 bits per heavy atom. The fourth-order valence-corrected chi connectivity index (χ4v) is 6.64. The van der Waals surface area contributed by atoms with E-state index >= 15 is 0 Å². The average molecular weight is 450 g/mol. The number of hydrogen-bond donors (Lipinski definition) is 1. The van der Waals surface area contributed by atoms with E-state index in [1.165, 1.54) is 6.42 Å². The summed E-state index contributed by atoms with van der Waals surface area (Å²) in [6.07, 6.45) is 8.06. The molecule has 0 saturated heterocycles. The van der Waals surface area contributed by atoms with Crippen molar-refractivity contribution in [3.8, 4) is 0 Å². The number of aromatic nitrogens is 3. The molecule has 4 fully saturated rings. The van der Waals surface area contributed by atoms with Crippen LogP contribution < -0.4 is 5.32 Å². The Morgan fingerprint density at radius 3 is 2.70 bits per heavy atom. The van der Waals surface area contributed by atoms with Gasteiger partial charge in [0.05, 0.1) is 11.0 Å². The zero-order valence-corrected chi connectivity index (χ0v) is 17.6. The zero-order chi connectivity index (χ0) is 18.8. The van der Waals surface area contributed by atoms with Crippen LogP contribution in [0.2, 0.25) is 5.02 Å². The molecule has 0 aliphatic heterocycles. The first-order valence-electron chi connectivity index (χ1n) is 9.53. The highest BCUT2D eigenvalue weighted by molar-refractivity contribution is 9.10. The van der Waals surface area contributed by atoms with Gasteiger partial charge in [0.15, 0.2) is 0 Å². The first-order chi connectivity index (χ1) is 12.9. The van der Waals surface area contributed by atoms with E-state index < -0.39 is 0 Å². The van der Waals surface area contributed by atoms with E-state index in [1.807, 2.05) is 36.1 Å². The third kappa shape index (κ3) is 2.83. The van der Waals surface area contributed by atoms with Gasteiger partial charge in [-0.1, -0.05) is 17.7 Å². The topological polar surface area (TPSA) is 59.8 Å². The van der Waals surface area contributed by atoms with Gasteiger partial charge in [0.1, 0.15) is 6.33 Å². The molecule has 0 spiro atoms. The Balaban J connectivity index is 1.48. The van der Waals surface area contributed by atoms with Gasteiger partial charge in [0.25, 0.3) is 0 Å². The summed E-state index contributed by atoms with van der Waals surface area (Å²) in [4.78, 5) is 17.8. The number of halogens is 2. The Morgan fingerprint density at radius 2 is 2.04 bits per heavy atom. The first-order valence-corrected chi connectivity index (χ1v) is 10.7. The number of amides is 1. The van der Waals surface area contributed by atoms with E-state index in [9.17, 15) is 4.79 Å². The monoisotopic (exact) mass is 448 g/mol. The van der Waals surface area contributed by atoms with Gasteiger partial charge in [-0.3, -0.25) is 4.79 Å². The number of nitrogens with one attached hydrogen (secondary N) is 1. The number of benzene rings is 1. The van der Waals surface area contributed by atoms with Crippen LogP contribution in [0.1, 0.15) is 44.1 Å². The predicted molar refractivity (Wildman–Crippen MR) is 108 cm³/mol. The van der Waals surface area contributed by atoms with Crippen LogP contribution in [0, 0.1) is 24.2 Å². The molecule has 1 aromatic carbocycles. The minimum absolute atomic E-state index is 0.0795. The van der Waals surface area contributed by atoms with Crippen molar-refractivity contribution in [2.75, 3.05) is 5.32 Å². The normalized spacial score (nSPS) is 34.0. The lowest BCUT2D eigenvalue weighted by Crippen LogP contribution is -2.60. The minimum atomic E-state index is -0.322. The van der Waals surface area contributed by atoms with Crippen LogP contribution in [-0.2, 0) is 10.3 Å². The van der Waals surface area contributed by atoms with Crippen LogP contribution in [0.3, 0.4) is 0 Å². The largest absolute Gasteiger partial charge is 0.325 e. The third-order valence-corrected chi connectivity index (χ3v) is 7.51. The van der Waals surface area contributed by atoms with Crippen molar-refractivity contribution in [3.63, 3.8) is 0 Å². The van der Waals surface area contributed by atoms with Crippen molar-refractivity contribution in [1.29, 1.82) is 0 Å². The number of rotatable bonds is 3. The molecule has 2 atom stereocenters. The summed E-state index contributed by atoms with van der Waals surface area (Å²) in [7, 11) is 0. The molecule has 27 heavy (non-hydrogen) atoms. The second-order valence-electron chi connectivity index (χ2n) is 8.84. The van der Waals surface area contributed by atoms with Crippen LogP contribution in [-0.4, -0.2) is 20.7 Å². The molecule has 1 N–H and O–H groups in total. The van der Waals surface area contributed by atoms with Crippen molar-refractivity contribution >= 4 is 39.1 Å². The summed E-state index contributed by atoms with van der Waals surface area (Å²) >= 11 is 9.53. The molecule has 4 aliphatic carbocycles. The van der Waals surface area contributed by atoms with Gasteiger partial charge in [-0.25, -0.2) is 9.67 Å². The Kier molecular flexibility index (Phi) is 3.96. The molecule has 1 heterocycles. The number of nitrogens with zero attached hydrogens (tertiary/aromatic N) is 3. The predicted octanol–water partition coefficient (Wildman–Crippen LogP) is 4.94. The molecular weight excluding hydrogens is 428 g/mol. The maximum atomic E-state index is 13.5. The molecule has 1 amide bonds. The van der Waals surface area contributed by atoms with Gasteiger partial charge in [0, 0.05) is 10.7 Å². The SMILES string of the molecule is Cc1ccc(Cl)cc1NC(=O)C12CC3CC(C1)CC(n1cnc(Br)n1)(C3)C2. The second kappa shape index (κ2) is 6.05. The summed E-state index contributed by atoms with van der Waals surface area (Å²) in [5.74, 6) is 1.31. The van der Waals surface area contributed by atoms with Crippen molar-refractivity contribution < 1.29 is 4.79 Å². The zero-order valence-electron chi connectivity index (χ0n) is 15.2. The lowest BCUT2D eigenvalue weighted by molar-refractivity contribution is -0.150. The molecule has 4 saturated carbocycles. The van der Waals surface area contributed by atoms with Gasteiger partial charge in [-0.15, -0.1) is 5.10 Å².